The molecule has 0 bridgehead atoms. The third-order valence-electron chi connectivity index (χ3n) is 4.52. The van der Waals surface area contributed by atoms with Gasteiger partial charge in [0.1, 0.15) is 0 Å². The van der Waals surface area contributed by atoms with E-state index in [9.17, 15) is 4.79 Å². The first-order valence-electron chi connectivity index (χ1n) is 9.02. The fraction of sp³-hybridized carbons (Fsp3) is 0.190. The zero-order valence-electron chi connectivity index (χ0n) is 15.0. The predicted molar refractivity (Wildman–Crippen MR) is 119 cm³/mol. The topological polar surface area (TPSA) is 55.3 Å². The minimum atomic E-state index is -0.324. The van der Waals surface area contributed by atoms with Crippen LogP contribution in [0.4, 0.5) is 11.4 Å². The highest BCUT2D eigenvalue weighted by atomic mass is 127. The van der Waals surface area contributed by atoms with E-state index < -0.39 is 0 Å². The summed E-state index contributed by atoms with van der Waals surface area (Å²) in [5.41, 5.74) is 5.29. The molecule has 1 aliphatic rings. The largest absolute Gasteiger partial charge is 0.355 e. The number of hydroxylamine groups is 1. The number of hydrogen-bond acceptors (Lipinski definition) is 3. The summed E-state index contributed by atoms with van der Waals surface area (Å²) in [6, 6.07) is 15.3. The van der Waals surface area contributed by atoms with Gasteiger partial charge in [-0.05, 0) is 89.9 Å². The summed E-state index contributed by atoms with van der Waals surface area (Å²) in [6.45, 7) is 0.542. The van der Waals surface area contributed by atoms with Gasteiger partial charge in [0, 0.05) is 21.7 Å². The summed E-state index contributed by atoms with van der Waals surface area (Å²) in [5.74, 6) is 0.235. The summed E-state index contributed by atoms with van der Waals surface area (Å²) in [5, 5.41) is 3.81. The number of nitrogens with one attached hydrogen (secondary N) is 2. The molecule has 7 heteroatoms. The van der Waals surface area contributed by atoms with Gasteiger partial charge in [-0.25, -0.2) is 5.48 Å². The monoisotopic (exact) mass is 507 g/mol. The fourth-order valence-corrected chi connectivity index (χ4v) is 3.42. The van der Waals surface area contributed by atoms with Gasteiger partial charge < -0.3 is 9.88 Å². The number of anilines is 2. The van der Waals surface area contributed by atoms with Crippen LogP contribution in [0.25, 0.3) is 5.69 Å². The molecule has 0 radical (unpaired) electrons. The van der Waals surface area contributed by atoms with Crippen molar-refractivity contribution in [3.63, 3.8) is 0 Å². The molecule has 2 aromatic carbocycles. The van der Waals surface area contributed by atoms with Crippen LogP contribution >= 0.6 is 34.2 Å². The molecule has 0 aliphatic heterocycles. The molecule has 0 saturated heterocycles. The molecule has 144 valence electrons. The van der Waals surface area contributed by atoms with E-state index in [1.165, 1.54) is 0 Å². The van der Waals surface area contributed by atoms with E-state index in [4.69, 9.17) is 16.4 Å². The van der Waals surface area contributed by atoms with E-state index in [2.05, 4.69) is 33.4 Å². The Hall–Kier alpha value is -2.03. The van der Waals surface area contributed by atoms with Gasteiger partial charge in [-0.3, -0.25) is 9.63 Å². The second kappa shape index (κ2) is 8.55. The van der Waals surface area contributed by atoms with Crippen molar-refractivity contribution in [1.82, 2.24) is 10.0 Å². The van der Waals surface area contributed by atoms with Crippen molar-refractivity contribution in [2.75, 3.05) is 11.9 Å². The fourth-order valence-electron chi connectivity index (χ4n) is 2.80. The van der Waals surface area contributed by atoms with Crippen LogP contribution in [0.1, 0.15) is 23.2 Å². The second-order valence-corrected chi connectivity index (χ2v) is 8.41. The van der Waals surface area contributed by atoms with Crippen molar-refractivity contribution in [2.45, 2.75) is 12.8 Å². The highest BCUT2D eigenvalue weighted by Gasteiger charge is 2.22. The Morgan fingerprint density at radius 2 is 1.89 bits per heavy atom. The summed E-state index contributed by atoms with van der Waals surface area (Å²) in [7, 11) is 0. The van der Waals surface area contributed by atoms with Crippen LogP contribution in [0, 0.1) is 9.49 Å². The zero-order chi connectivity index (χ0) is 19.5. The van der Waals surface area contributed by atoms with Crippen LogP contribution in [0.3, 0.4) is 0 Å². The molecule has 3 aromatic rings. The molecule has 1 saturated carbocycles. The Labute approximate surface area is 182 Å². The number of rotatable bonds is 7. The third-order valence-corrected chi connectivity index (χ3v) is 5.54. The van der Waals surface area contributed by atoms with Crippen molar-refractivity contribution in [3.8, 4) is 5.69 Å². The lowest BCUT2D eigenvalue weighted by molar-refractivity contribution is 0.0271. The first-order valence-corrected chi connectivity index (χ1v) is 10.5. The number of nitrogens with zero attached hydrogens (tertiary/aromatic N) is 1. The van der Waals surface area contributed by atoms with Crippen LogP contribution < -0.4 is 10.8 Å². The average Bonchev–Trinajstić information content (AvgIpc) is 3.35. The van der Waals surface area contributed by atoms with Gasteiger partial charge in [-0.15, -0.1) is 0 Å². The van der Waals surface area contributed by atoms with Gasteiger partial charge in [0.25, 0.3) is 5.91 Å². The molecule has 1 heterocycles. The molecule has 1 amide bonds. The normalized spacial score (nSPS) is 13.4. The van der Waals surface area contributed by atoms with Crippen LogP contribution in [0.2, 0.25) is 5.02 Å². The van der Waals surface area contributed by atoms with Crippen LogP contribution in [-0.4, -0.2) is 17.1 Å². The molecule has 1 fully saturated rings. The lowest BCUT2D eigenvalue weighted by Crippen LogP contribution is -2.25. The van der Waals surface area contributed by atoms with E-state index in [1.54, 1.807) is 6.07 Å². The number of carbonyl (C=O) groups excluding carboxylic acids is 1. The van der Waals surface area contributed by atoms with Gasteiger partial charge in [0.05, 0.1) is 28.6 Å². The summed E-state index contributed by atoms with van der Waals surface area (Å²) < 4.78 is 3.05. The van der Waals surface area contributed by atoms with Gasteiger partial charge in [0.2, 0.25) is 0 Å². The van der Waals surface area contributed by atoms with E-state index in [0.717, 1.165) is 27.8 Å². The van der Waals surface area contributed by atoms with Gasteiger partial charge in [0.15, 0.2) is 0 Å². The highest BCUT2D eigenvalue weighted by molar-refractivity contribution is 14.1. The summed E-state index contributed by atoms with van der Waals surface area (Å²) in [4.78, 5) is 18.1. The van der Waals surface area contributed by atoms with Crippen molar-refractivity contribution in [3.05, 3.63) is 75.1 Å². The predicted octanol–water partition coefficient (Wildman–Crippen LogP) is 5.55. The van der Waals surface area contributed by atoms with Crippen LogP contribution in [-0.2, 0) is 4.84 Å². The molecule has 4 rings (SSSR count). The summed E-state index contributed by atoms with van der Waals surface area (Å²) in [6.07, 6.45) is 6.14. The number of hydrogen-bond donors (Lipinski definition) is 2. The van der Waals surface area contributed by atoms with E-state index >= 15 is 0 Å². The van der Waals surface area contributed by atoms with E-state index in [1.807, 2.05) is 59.4 Å². The Balaban J connectivity index is 1.64. The molecule has 0 unspecified atom stereocenters. The Morgan fingerprint density at radius 1 is 1.18 bits per heavy atom. The van der Waals surface area contributed by atoms with Crippen molar-refractivity contribution in [1.29, 1.82) is 0 Å². The minimum Gasteiger partial charge on any atom is -0.355 e. The Kier molecular flexibility index (Phi) is 5.89. The first-order chi connectivity index (χ1) is 13.6. The molecule has 1 aromatic heterocycles. The number of benzene rings is 2. The minimum absolute atomic E-state index is 0.324. The molecule has 28 heavy (non-hydrogen) atoms. The number of halogens is 2. The van der Waals surface area contributed by atoms with Crippen molar-refractivity contribution in [2.24, 2.45) is 5.92 Å². The Bertz CT molecular complexity index is 970. The second-order valence-electron chi connectivity index (χ2n) is 6.76. The summed E-state index contributed by atoms with van der Waals surface area (Å²) >= 11 is 8.74. The Morgan fingerprint density at radius 3 is 2.57 bits per heavy atom. The van der Waals surface area contributed by atoms with Gasteiger partial charge >= 0.3 is 0 Å². The lowest BCUT2D eigenvalue weighted by Gasteiger charge is -2.16. The van der Waals surface area contributed by atoms with Crippen LogP contribution in [0.15, 0.2) is 60.9 Å². The number of carbonyl (C=O) groups is 1. The van der Waals surface area contributed by atoms with Gasteiger partial charge in [-0.2, -0.15) is 0 Å². The molecule has 1 aliphatic carbocycles. The maximum absolute atomic E-state index is 12.7. The average molecular weight is 508 g/mol. The zero-order valence-corrected chi connectivity index (χ0v) is 17.9. The molecule has 5 nitrogen and oxygen atoms in total. The van der Waals surface area contributed by atoms with E-state index in [-0.39, 0.29) is 5.91 Å². The molecular weight excluding hydrogens is 489 g/mol. The molecule has 0 spiro atoms. The van der Waals surface area contributed by atoms with Crippen molar-refractivity contribution < 1.29 is 9.63 Å². The maximum atomic E-state index is 12.7. The number of amides is 1. The molecule has 2 N–H and O–H groups in total. The third kappa shape index (κ3) is 4.68. The lowest BCUT2D eigenvalue weighted by atomic mass is 10.1. The maximum Gasteiger partial charge on any atom is 0.277 e. The van der Waals surface area contributed by atoms with Crippen LogP contribution in [0.5, 0.6) is 0 Å². The smallest absolute Gasteiger partial charge is 0.277 e. The quantitative estimate of drug-likeness (QED) is 0.326. The number of aromatic nitrogens is 1. The standard InChI is InChI=1S/C21H19ClIN3O2/c22-18-11-17(21(27)25-28-13-14-3-4-14)19(12-20(18)26-9-1-2-10-26)24-16-7-5-15(23)6-8-16/h1-2,5-12,14,24H,3-4,13H2,(H,25,27). The van der Waals surface area contributed by atoms with Gasteiger partial charge in [-0.1, -0.05) is 11.6 Å². The first kappa shape index (κ1) is 19.3. The molecule has 0 atom stereocenters. The highest BCUT2D eigenvalue weighted by Crippen LogP contribution is 2.31. The van der Waals surface area contributed by atoms with E-state index in [0.29, 0.717) is 28.8 Å². The van der Waals surface area contributed by atoms with Crippen molar-refractivity contribution >= 4 is 51.5 Å². The molecular formula is C21H19ClIN3O2. The SMILES string of the molecule is O=C(NOCC1CC1)c1cc(Cl)c(-n2cccc2)cc1Nc1ccc(I)cc1.